The van der Waals surface area contributed by atoms with E-state index in [0.717, 1.165) is 0 Å². The molecule has 0 unspecified atom stereocenters. The molecule has 1 N–H and O–H groups in total. The van der Waals surface area contributed by atoms with Crippen LogP contribution in [0.1, 0.15) is 24.0 Å². The third-order valence-corrected chi connectivity index (χ3v) is 8.34. The number of alkyl halides is 6. The van der Waals surface area contributed by atoms with Crippen LogP contribution in [0.15, 0.2) is 23.3 Å². The van der Waals surface area contributed by atoms with E-state index in [0.29, 0.717) is 34.1 Å². The molecule has 0 aromatic carbocycles. The van der Waals surface area contributed by atoms with Crippen molar-refractivity contribution in [3.63, 3.8) is 0 Å². The average Bonchev–Trinajstić information content (AvgIpc) is 2.92. The van der Waals surface area contributed by atoms with Crippen molar-refractivity contribution in [1.82, 2.24) is 24.6 Å². The molecule has 0 bridgehead atoms. The van der Waals surface area contributed by atoms with E-state index in [2.05, 4.69) is 34.7 Å². The molecule has 0 radical (unpaired) electrons. The van der Waals surface area contributed by atoms with Gasteiger partial charge in [0.05, 0.1) is 5.56 Å². The van der Waals surface area contributed by atoms with Gasteiger partial charge < -0.3 is 19.6 Å². The van der Waals surface area contributed by atoms with E-state index in [1.54, 1.807) is 4.90 Å². The van der Waals surface area contributed by atoms with E-state index in [9.17, 15) is 45.8 Å². The van der Waals surface area contributed by atoms with Gasteiger partial charge in [0.2, 0.25) is 11.9 Å². The van der Waals surface area contributed by atoms with Crippen LogP contribution in [-0.4, -0.2) is 89.2 Å². The van der Waals surface area contributed by atoms with Gasteiger partial charge in [-0.05, 0) is 12.5 Å². The Kier molecular flexibility index (Phi) is 11.0. The van der Waals surface area contributed by atoms with Crippen LogP contribution >= 0.6 is 0 Å². The minimum absolute atomic E-state index is 0.0672. The molecule has 2 aromatic rings. The highest BCUT2D eigenvalue weighted by molar-refractivity contribution is 6.76. The zero-order valence-electron chi connectivity index (χ0n) is 24.3. The predicted molar refractivity (Wildman–Crippen MR) is 148 cm³/mol. The zero-order valence-corrected chi connectivity index (χ0v) is 25.3. The van der Waals surface area contributed by atoms with Gasteiger partial charge in [-0.2, -0.15) is 26.3 Å². The quantitative estimate of drug-likeness (QED) is 0.217. The number of carbonyl (C=O) groups excluding carboxylic acids is 1. The highest BCUT2D eigenvalue weighted by atomic mass is 28.3. The van der Waals surface area contributed by atoms with Gasteiger partial charge in [-0.3, -0.25) is 14.5 Å². The Morgan fingerprint density at radius 3 is 2.16 bits per heavy atom. The lowest BCUT2D eigenvalue weighted by atomic mass is 10.2. The molecule has 19 heteroatoms. The highest BCUT2D eigenvalue weighted by Gasteiger charge is 2.37. The van der Waals surface area contributed by atoms with E-state index < -0.39 is 55.8 Å². The molecular weight excluding hydrogens is 620 g/mol. The van der Waals surface area contributed by atoms with Crippen molar-refractivity contribution >= 4 is 31.8 Å². The van der Waals surface area contributed by atoms with Crippen molar-refractivity contribution < 1.29 is 45.8 Å². The van der Waals surface area contributed by atoms with Gasteiger partial charge >= 0.3 is 18.4 Å². The number of aromatic nitrogens is 4. The Balaban J connectivity index is 1.61. The smallest absolute Gasteiger partial charge is 0.421 e. The molecule has 0 saturated carbocycles. The van der Waals surface area contributed by atoms with Gasteiger partial charge in [-0.15, -0.1) is 5.10 Å². The monoisotopic (exact) mass is 653 g/mol. The number of hydrogen-bond donors (Lipinski definition) is 1. The van der Waals surface area contributed by atoms with Gasteiger partial charge in [0.1, 0.15) is 12.3 Å². The van der Waals surface area contributed by atoms with Crippen LogP contribution in [0, 0.1) is 0 Å². The summed E-state index contributed by atoms with van der Waals surface area (Å²) in [6.07, 6.45) is -10.1. The van der Waals surface area contributed by atoms with Gasteiger partial charge in [-0.25, -0.2) is 19.4 Å². The van der Waals surface area contributed by atoms with Crippen LogP contribution in [-0.2, 0) is 28.6 Å². The van der Waals surface area contributed by atoms with Gasteiger partial charge in [0.25, 0.3) is 5.56 Å². The number of carbonyl (C=O) groups is 2. The molecule has 1 aliphatic rings. The molecule has 1 saturated heterocycles. The first kappa shape index (κ1) is 34.7. The van der Waals surface area contributed by atoms with E-state index in [-0.39, 0.29) is 64.0 Å². The summed E-state index contributed by atoms with van der Waals surface area (Å²) in [5, 5.41) is 13.5. The third-order valence-electron chi connectivity index (χ3n) is 6.64. The fraction of sp³-hybridized carbons (Fsp3) is 0.600. The minimum atomic E-state index is -5.08. The minimum Gasteiger partial charge on any atom is -0.465 e. The first-order chi connectivity index (χ1) is 20.4. The van der Waals surface area contributed by atoms with Crippen molar-refractivity contribution in [1.29, 1.82) is 0 Å². The largest absolute Gasteiger partial charge is 0.465 e. The second kappa shape index (κ2) is 13.9. The molecule has 0 atom stereocenters. The molecule has 1 fully saturated rings. The summed E-state index contributed by atoms with van der Waals surface area (Å²) in [6, 6.07) is 1.04. The number of ether oxygens (including phenoxy) is 1. The highest BCUT2D eigenvalue weighted by Crippen LogP contribution is 2.29. The van der Waals surface area contributed by atoms with Crippen molar-refractivity contribution in [2.45, 2.75) is 57.6 Å². The molecule has 3 rings (SSSR count). The molecular formula is C25H33F6N7O5Si. The van der Waals surface area contributed by atoms with Crippen molar-refractivity contribution in [3.8, 4) is 0 Å². The number of rotatable bonds is 11. The maximum absolute atomic E-state index is 13.6. The number of anilines is 2. The first-order valence-corrected chi connectivity index (χ1v) is 17.3. The SMILES string of the molecule is C[Si](C)(C)CCOCn1nc(N(CCCC(=O)N2CCN(c3ncc(C(F)(F)F)cn3)CC2)C(=O)O)cc(C(F)(F)F)c1=O. The van der Waals surface area contributed by atoms with Crippen molar-refractivity contribution in [2.24, 2.45) is 0 Å². The van der Waals surface area contributed by atoms with Crippen molar-refractivity contribution in [2.75, 3.05) is 49.1 Å². The average molecular weight is 654 g/mol. The fourth-order valence-corrected chi connectivity index (χ4v) is 4.88. The Morgan fingerprint density at radius 2 is 1.64 bits per heavy atom. The van der Waals surface area contributed by atoms with Crippen molar-refractivity contribution in [3.05, 3.63) is 39.9 Å². The molecule has 2 amide bonds. The lowest BCUT2D eigenvalue weighted by Gasteiger charge is -2.35. The number of amides is 2. The predicted octanol–water partition coefficient (Wildman–Crippen LogP) is 4.00. The first-order valence-electron chi connectivity index (χ1n) is 13.6. The molecule has 3 heterocycles. The Bertz CT molecular complexity index is 1360. The number of carboxylic acid groups (broad SMARTS) is 1. The van der Waals surface area contributed by atoms with Crippen LogP contribution in [0.2, 0.25) is 25.7 Å². The van der Waals surface area contributed by atoms with Gasteiger partial charge in [0.15, 0.2) is 5.82 Å². The Hall–Kier alpha value is -3.74. The van der Waals surface area contributed by atoms with E-state index >= 15 is 0 Å². The fourth-order valence-electron chi connectivity index (χ4n) is 4.12. The topological polar surface area (TPSA) is 134 Å². The lowest BCUT2D eigenvalue weighted by Crippen LogP contribution is -2.49. The zero-order chi connectivity index (χ0) is 32.9. The molecule has 0 spiro atoms. The number of hydrogen-bond acceptors (Lipinski definition) is 8. The standard InChI is InChI=1S/C25H33F6N7O5Si/c1-44(2,3)12-11-43-16-38-21(40)18(25(29,30)31)13-19(34-38)37(23(41)42)6-4-5-20(39)35-7-9-36(10-8-35)22-32-14-17(15-33-22)24(26,27)28/h13-15H,4-12,16H2,1-3H3,(H,41,42). The van der Waals surface area contributed by atoms with E-state index in [4.69, 9.17) is 4.74 Å². The number of piperazine rings is 1. The third kappa shape index (κ3) is 9.63. The molecule has 0 aliphatic carbocycles. The maximum atomic E-state index is 13.6. The Labute approximate surface area is 249 Å². The van der Waals surface area contributed by atoms with E-state index in [1.807, 2.05) is 0 Å². The molecule has 244 valence electrons. The summed E-state index contributed by atoms with van der Waals surface area (Å²) in [7, 11) is -1.53. The van der Waals surface area contributed by atoms with Crippen LogP contribution in [0.3, 0.4) is 0 Å². The number of nitrogens with zero attached hydrogens (tertiary/aromatic N) is 7. The Morgan fingerprint density at radius 1 is 1.02 bits per heavy atom. The normalized spacial score (nSPS) is 14.6. The van der Waals surface area contributed by atoms with Crippen LogP contribution < -0.4 is 15.4 Å². The lowest BCUT2D eigenvalue weighted by molar-refractivity contribution is -0.139. The summed E-state index contributed by atoms with van der Waals surface area (Å²) in [5.74, 6) is -0.917. The second-order valence-corrected chi connectivity index (χ2v) is 16.9. The molecule has 1 aliphatic heterocycles. The van der Waals surface area contributed by atoms with Crippen LogP contribution in [0.4, 0.5) is 42.9 Å². The maximum Gasteiger partial charge on any atom is 0.421 e. The summed E-state index contributed by atoms with van der Waals surface area (Å²) in [5.41, 5.74) is -4.07. The summed E-state index contributed by atoms with van der Waals surface area (Å²) in [4.78, 5) is 48.3. The molecule has 44 heavy (non-hydrogen) atoms. The van der Waals surface area contributed by atoms with Gasteiger partial charge in [-0.1, -0.05) is 19.6 Å². The second-order valence-electron chi connectivity index (χ2n) is 11.2. The van der Waals surface area contributed by atoms with E-state index in [1.165, 1.54) is 4.90 Å². The molecule has 12 nitrogen and oxygen atoms in total. The van der Waals surface area contributed by atoms with Crippen LogP contribution in [0.25, 0.3) is 0 Å². The summed E-state index contributed by atoms with van der Waals surface area (Å²) in [6.45, 7) is 6.27. The molecule has 2 aromatic heterocycles. The number of halogens is 6. The van der Waals surface area contributed by atoms with Crippen LogP contribution in [0.5, 0.6) is 0 Å². The summed E-state index contributed by atoms with van der Waals surface area (Å²) >= 11 is 0. The summed E-state index contributed by atoms with van der Waals surface area (Å²) < 4.78 is 84.9. The van der Waals surface area contributed by atoms with Gasteiger partial charge in [0, 0.05) is 72.3 Å².